The number of halogens is 1. The van der Waals surface area contributed by atoms with E-state index < -0.39 is 0 Å². The van der Waals surface area contributed by atoms with E-state index in [4.69, 9.17) is 11.6 Å². The highest BCUT2D eigenvalue weighted by Gasteiger charge is 2.20. The molecule has 4 nitrogen and oxygen atoms in total. The van der Waals surface area contributed by atoms with Crippen LogP contribution in [0.4, 0.5) is 5.13 Å². The van der Waals surface area contributed by atoms with Gasteiger partial charge in [-0.05, 0) is 69.7 Å². The molecule has 0 bridgehead atoms. The third-order valence-electron chi connectivity index (χ3n) is 4.80. The second-order valence-corrected chi connectivity index (χ2v) is 8.80. The quantitative estimate of drug-likeness (QED) is 0.539. The van der Waals surface area contributed by atoms with Gasteiger partial charge in [0.2, 0.25) is 5.91 Å². The highest BCUT2D eigenvalue weighted by atomic mass is 35.5. The van der Waals surface area contributed by atoms with Gasteiger partial charge in [-0.25, -0.2) is 4.98 Å². The molecule has 1 heterocycles. The number of carbonyl (C=O) groups is 1. The first kappa shape index (κ1) is 20.8. The molecule has 0 atom stereocenters. The van der Waals surface area contributed by atoms with E-state index in [1.54, 1.807) is 0 Å². The highest BCUT2D eigenvalue weighted by Crippen LogP contribution is 2.33. The summed E-state index contributed by atoms with van der Waals surface area (Å²) in [5.41, 5.74) is 4.24. The second-order valence-electron chi connectivity index (χ2n) is 7.38. The van der Waals surface area contributed by atoms with E-state index in [0.717, 1.165) is 33.9 Å². The molecule has 1 amide bonds. The third kappa shape index (κ3) is 4.90. The summed E-state index contributed by atoms with van der Waals surface area (Å²) in [6.07, 6.45) is 1.25. The monoisotopic (exact) mass is 415 g/mol. The lowest BCUT2D eigenvalue weighted by molar-refractivity contribution is -0.118. The SMILES string of the molecule is Cc1ccc(CC(=O)N(CCCN(C)C)c2nc3c(Cl)cccc3s2)cc1C. The van der Waals surface area contributed by atoms with E-state index >= 15 is 0 Å². The second kappa shape index (κ2) is 9.03. The van der Waals surface area contributed by atoms with Crippen LogP contribution in [0.25, 0.3) is 10.2 Å². The van der Waals surface area contributed by atoms with Crippen molar-refractivity contribution in [1.82, 2.24) is 9.88 Å². The average Bonchev–Trinajstić information content (AvgIpc) is 3.07. The molecule has 3 rings (SSSR count). The lowest BCUT2D eigenvalue weighted by Gasteiger charge is -2.21. The zero-order valence-electron chi connectivity index (χ0n) is 16.8. The van der Waals surface area contributed by atoms with Crippen LogP contribution < -0.4 is 4.90 Å². The Labute approximate surface area is 175 Å². The molecule has 0 spiro atoms. The zero-order valence-corrected chi connectivity index (χ0v) is 18.4. The highest BCUT2D eigenvalue weighted by molar-refractivity contribution is 7.22. The number of anilines is 1. The predicted octanol–water partition coefficient (Wildman–Crippen LogP) is 5.09. The molecule has 0 aliphatic rings. The number of thiazole rings is 1. The molecule has 0 N–H and O–H groups in total. The molecule has 0 aliphatic carbocycles. The van der Waals surface area contributed by atoms with Crippen LogP contribution in [0.5, 0.6) is 0 Å². The van der Waals surface area contributed by atoms with E-state index in [9.17, 15) is 4.79 Å². The Balaban J connectivity index is 1.87. The molecule has 0 unspecified atom stereocenters. The summed E-state index contributed by atoms with van der Waals surface area (Å²) in [7, 11) is 4.08. The lowest BCUT2D eigenvalue weighted by Crippen LogP contribution is -2.34. The number of nitrogens with zero attached hydrogens (tertiary/aromatic N) is 3. The molecule has 3 aromatic rings. The van der Waals surface area contributed by atoms with E-state index in [1.807, 2.05) is 43.3 Å². The van der Waals surface area contributed by atoms with Crippen LogP contribution in [-0.4, -0.2) is 43.0 Å². The van der Waals surface area contributed by atoms with Gasteiger partial charge in [-0.1, -0.05) is 47.2 Å². The van der Waals surface area contributed by atoms with Crippen molar-refractivity contribution in [2.75, 3.05) is 32.1 Å². The smallest absolute Gasteiger partial charge is 0.233 e. The summed E-state index contributed by atoms with van der Waals surface area (Å²) < 4.78 is 0.999. The summed E-state index contributed by atoms with van der Waals surface area (Å²) in [5.74, 6) is 0.0668. The summed E-state index contributed by atoms with van der Waals surface area (Å²) >= 11 is 7.82. The van der Waals surface area contributed by atoms with E-state index in [2.05, 4.69) is 35.9 Å². The number of benzene rings is 2. The Kier molecular flexibility index (Phi) is 6.70. The molecule has 28 heavy (non-hydrogen) atoms. The third-order valence-corrected chi connectivity index (χ3v) is 6.15. The zero-order chi connectivity index (χ0) is 20.3. The van der Waals surface area contributed by atoms with Crippen LogP contribution >= 0.6 is 22.9 Å². The Morgan fingerprint density at radius 1 is 1.11 bits per heavy atom. The van der Waals surface area contributed by atoms with E-state index in [-0.39, 0.29) is 5.91 Å². The van der Waals surface area contributed by atoms with Gasteiger partial charge in [0.15, 0.2) is 5.13 Å². The first-order valence-electron chi connectivity index (χ1n) is 9.41. The van der Waals surface area contributed by atoms with Crippen molar-refractivity contribution in [2.24, 2.45) is 0 Å². The molecular formula is C22H26ClN3OS. The maximum absolute atomic E-state index is 13.2. The summed E-state index contributed by atoms with van der Waals surface area (Å²) in [5, 5.41) is 1.34. The first-order chi connectivity index (χ1) is 13.3. The summed E-state index contributed by atoms with van der Waals surface area (Å²) in [6, 6.07) is 12.0. The predicted molar refractivity (Wildman–Crippen MR) is 120 cm³/mol. The van der Waals surface area contributed by atoms with Gasteiger partial charge in [0.05, 0.1) is 16.1 Å². The lowest BCUT2D eigenvalue weighted by atomic mass is 10.0. The fourth-order valence-corrected chi connectivity index (χ4v) is 4.38. The number of amides is 1. The van der Waals surface area contributed by atoms with Crippen LogP contribution in [0.2, 0.25) is 5.02 Å². The van der Waals surface area contributed by atoms with Crippen molar-refractivity contribution in [2.45, 2.75) is 26.7 Å². The number of aromatic nitrogens is 1. The molecule has 0 radical (unpaired) electrons. The van der Waals surface area contributed by atoms with E-state index in [1.165, 1.54) is 22.5 Å². The first-order valence-corrected chi connectivity index (χ1v) is 10.6. The molecule has 148 valence electrons. The minimum absolute atomic E-state index is 0.0668. The van der Waals surface area contributed by atoms with Crippen LogP contribution in [0.15, 0.2) is 36.4 Å². The number of rotatable bonds is 7. The van der Waals surface area contributed by atoms with Gasteiger partial charge in [-0.15, -0.1) is 0 Å². The summed E-state index contributed by atoms with van der Waals surface area (Å²) in [4.78, 5) is 21.8. The molecule has 0 saturated heterocycles. The maximum atomic E-state index is 13.2. The fraction of sp³-hybridized carbons (Fsp3) is 0.364. The van der Waals surface area contributed by atoms with Gasteiger partial charge in [-0.2, -0.15) is 0 Å². The van der Waals surface area contributed by atoms with Gasteiger partial charge >= 0.3 is 0 Å². The average molecular weight is 416 g/mol. The minimum Gasteiger partial charge on any atom is -0.309 e. The number of fused-ring (bicyclic) bond motifs is 1. The van der Waals surface area contributed by atoms with Crippen LogP contribution in [-0.2, 0) is 11.2 Å². The van der Waals surface area contributed by atoms with E-state index in [0.29, 0.717) is 18.0 Å². The van der Waals surface area contributed by atoms with Gasteiger partial charge in [0.25, 0.3) is 0 Å². The molecule has 6 heteroatoms. The Morgan fingerprint density at radius 3 is 2.57 bits per heavy atom. The number of hydrogen-bond acceptors (Lipinski definition) is 4. The Morgan fingerprint density at radius 2 is 1.89 bits per heavy atom. The molecule has 0 aliphatic heterocycles. The minimum atomic E-state index is 0.0668. The van der Waals surface area contributed by atoms with Gasteiger partial charge < -0.3 is 4.90 Å². The standard InChI is InChI=1S/C22H26ClN3OS/c1-15-9-10-17(13-16(15)2)14-20(27)26(12-6-11-25(3)4)22-24-21-18(23)7-5-8-19(21)28-22/h5,7-10,13H,6,11-12,14H2,1-4H3. The van der Waals surface area contributed by atoms with Crippen molar-refractivity contribution in [3.63, 3.8) is 0 Å². The van der Waals surface area contributed by atoms with Crippen LogP contribution in [0.3, 0.4) is 0 Å². The Hall–Kier alpha value is -1.95. The molecular weight excluding hydrogens is 390 g/mol. The van der Waals surface area contributed by atoms with Crippen molar-refractivity contribution in [3.05, 3.63) is 58.1 Å². The number of carbonyl (C=O) groups excluding carboxylic acids is 1. The van der Waals surface area contributed by atoms with Crippen LogP contribution in [0.1, 0.15) is 23.1 Å². The fourth-order valence-electron chi connectivity index (χ4n) is 3.07. The number of hydrogen-bond donors (Lipinski definition) is 0. The molecule has 0 fully saturated rings. The van der Waals surface area contributed by atoms with Gasteiger partial charge in [-0.3, -0.25) is 9.69 Å². The van der Waals surface area contributed by atoms with Crippen molar-refractivity contribution in [3.8, 4) is 0 Å². The summed E-state index contributed by atoms with van der Waals surface area (Å²) in [6.45, 7) is 5.71. The van der Waals surface area contributed by atoms with Gasteiger partial charge in [0.1, 0.15) is 5.52 Å². The molecule has 1 aromatic heterocycles. The topological polar surface area (TPSA) is 36.4 Å². The van der Waals surface area contributed by atoms with Crippen molar-refractivity contribution in [1.29, 1.82) is 0 Å². The maximum Gasteiger partial charge on any atom is 0.233 e. The molecule has 2 aromatic carbocycles. The largest absolute Gasteiger partial charge is 0.309 e. The Bertz CT molecular complexity index is 983. The molecule has 0 saturated carbocycles. The van der Waals surface area contributed by atoms with Crippen molar-refractivity contribution >= 4 is 44.2 Å². The number of para-hydroxylation sites is 1. The van der Waals surface area contributed by atoms with Gasteiger partial charge in [0, 0.05) is 6.54 Å². The number of aryl methyl sites for hydroxylation is 2. The van der Waals surface area contributed by atoms with Crippen LogP contribution in [0, 0.1) is 13.8 Å². The normalized spacial score (nSPS) is 11.4. The van der Waals surface area contributed by atoms with Crippen molar-refractivity contribution < 1.29 is 4.79 Å².